The van der Waals surface area contributed by atoms with Crippen molar-refractivity contribution in [1.29, 1.82) is 0 Å². The quantitative estimate of drug-likeness (QED) is 0.108. The zero-order chi connectivity index (χ0) is 25.5. The van der Waals surface area contributed by atoms with Crippen molar-refractivity contribution < 1.29 is 34.2 Å². The molecule has 198 valence electrons. The molecule has 0 aromatic carbocycles. The number of hydrogen-bond acceptors (Lipinski definition) is 4. The average molecular weight is 484 g/mol. The van der Waals surface area contributed by atoms with Crippen LogP contribution in [0.15, 0.2) is 12.2 Å². The number of carbonyl (C=O) groups is 3. The summed E-state index contributed by atoms with van der Waals surface area (Å²) in [5.41, 5.74) is 0. The van der Waals surface area contributed by atoms with Gasteiger partial charge in [-0.05, 0) is 32.6 Å². The molecule has 0 fully saturated rings. The van der Waals surface area contributed by atoms with Crippen LogP contribution in [0, 0.1) is 0 Å². The molecule has 7 heteroatoms. The summed E-state index contributed by atoms with van der Waals surface area (Å²) in [6, 6.07) is 0. The Morgan fingerprint density at radius 1 is 0.618 bits per heavy atom. The zero-order valence-electron chi connectivity index (χ0n) is 21.5. The van der Waals surface area contributed by atoms with E-state index in [0.717, 1.165) is 19.3 Å². The highest BCUT2D eigenvalue weighted by atomic mass is 16.4. The van der Waals surface area contributed by atoms with Crippen molar-refractivity contribution >= 4 is 17.9 Å². The molecule has 0 aromatic heterocycles. The van der Waals surface area contributed by atoms with Crippen LogP contribution in [0.3, 0.4) is 0 Å². The summed E-state index contributed by atoms with van der Waals surface area (Å²) in [5, 5.41) is 29.2. The van der Waals surface area contributed by atoms with E-state index < -0.39 is 17.9 Å². The van der Waals surface area contributed by atoms with E-state index in [4.69, 9.17) is 10.2 Å². The van der Waals surface area contributed by atoms with Crippen molar-refractivity contribution in [3.05, 3.63) is 12.2 Å². The normalized spacial score (nSPS) is 11.8. The third-order valence-electron chi connectivity index (χ3n) is 6.63. The van der Waals surface area contributed by atoms with Gasteiger partial charge in [-0.25, -0.2) is 0 Å². The molecule has 0 heterocycles. The van der Waals surface area contributed by atoms with Crippen LogP contribution < -0.4 is 5.11 Å². The minimum absolute atomic E-state index is 0.0944. The molecular weight excluding hydrogens is 434 g/mol. The Bertz CT molecular complexity index is 530. The molecule has 0 aliphatic rings. The summed E-state index contributed by atoms with van der Waals surface area (Å²) >= 11 is 0. The van der Waals surface area contributed by atoms with Crippen molar-refractivity contribution in [2.45, 2.75) is 116 Å². The minimum atomic E-state index is -1.18. The van der Waals surface area contributed by atoms with E-state index in [1.807, 2.05) is 0 Å². The third-order valence-corrected chi connectivity index (χ3v) is 6.63. The highest BCUT2D eigenvalue weighted by Crippen LogP contribution is 2.17. The van der Waals surface area contributed by atoms with Crippen molar-refractivity contribution in [2.75, 3.05) is 26.2 Å². The second-order valence-electron chi connectivity index (χ2n) is 9.60. The summed E-state index contributed by atoms with van der Waals surface area (Å²) in [5.74, 6) is -3.08. The first-order chi connectivity index (χ1) is 16.3. The molecule has 0 saturated carbocycles. The lowest BCUT2D eigenvalue weighted by molar-refractivity contribution is -0.927. The van der Waals surface area contributed by atoms with E-state index in [-0.39, 0.29) is 43.4 Å². The zero-order valence-corrected chi connectivity index (χ0v) is 21.5. The van der Waals surface area contributed by atoms with Gasteiger partial charge in [0.05, 0.1) is 39.0 Å². The van der Waals surface area contributed by atoms with Gasteiger partial charge in [0.25, 0.3) is 0 Å². The molecule has 0 amide bonds. The van der Waals surface area contributed by atoms with Crippen molar-refractivity contribution in [1.82, 2.24) is 0 Å². The minimum Gasteiger partial charge on any atom is -0.550 e. The Morgan fingerprint density at radius 3 is 1.38 bits per heavy atom. The van der Waals surface area contributed by atoms with Crippen LogP contribution in [0.25, 0.3) is 0 Å². The van der Waals surface area contributed by atoms with Crippen LogP contribution >= 0.6 is 0 Å². The Kier molecular flexibility index (Phi) is 20.4. The second-order valence-corrected chi connectivity index (χ2v) is 9.60. The van der Waals surface area contributed by atoms with Gasteiger partial charge in [0.2, 0.25) is 0 Å². The van der Waals surface area contributed by atoms with Crippen LogP contribution in [0.2, 0.25) is 0 Å². The summed E-state index contributed by atoms with van der Waals surface area (Å²) in [6.45, 7) is 3.42. The Hall–Kier alpha value is -1.89. The van der Waals surface area contributed by atoms with E-state index >= 15 is 0 Å². The molecule has 0 spiro atoms. The summed E-state index contributed by atoms with van der Waals surface area (Å²) in [4.78, 5) is 33.2. The fourth-order valence-electron chi connectivity index (χ4n) is 4.49. The van der Waals surface area contributed by atoms with E-state index in [1.165, 1.54) is 70.6 Å². The van der Waals surface area contributed by atoms with Gasteiger partial charge in [-0.15, -0.1) is 0 Å². The highest BCUT2D eigenvalue weighted by Gasteiger charge is 2.28. The lowest BCUT2D eigenvalue weighted by Crippen LogP contribution is -2.53. The van der Waals surface area contributed by atoms with Gasteiger partial charge in [-0.1, -0.05) is 76.4 Å². The molecule has 0 aliphatic carbocycles. The molecule has 0 saturated heterocycles. The van der Waals surface area contributed by atoms with Gasteiger partial charge in [0, 0.05) is 12.4 Å². The number of rotatable bonds is 25. The van der Waals surface area contributed by atoms with Crippen molar-refractivity contribution in [2.24, 2.45) is 0 Å². The fraction of sp³-hybridized carbons (Fsp3) is 0.815. The largest absolute Gasteiger partial charge is 0.550 e. The maximum atomic E-state index is 11.1. The van der Waals surface area contributed by atoms with E-state index in [1.54, 1.807) is 0 Å². The van der Waals surface area contributed by atoms with Gasteiger partial charge < -0.3 is 24.6 Å². The average Bonchev–Trinajstić information content (AvgIpc) is 2.79. The molecule has 0 bridgehead atoms. The Balaban J connectivity index is 4.05. The van der Waals surface area contributed by atoms with E-state index in [9.17, 15) is 19.5 Å². The SMILES string of the molecule is C/C=C/CCCCCCCCCCCCCCC[N+](CCC(=O)[O-])(CCC(=O)O)CCC(=O)O. The van der Waals surface area contributed by atoms with Gasteiger partial charge in [-0.3, -0.25) is 9.59 Å². The smallest absolute Gasteiger partial charge is 0.309 e. The molecule has 34 heavy (non-hydrogen) atoms. The number of carboxylic acids is 3. The molecule has 7 nitrogen and oxygen atoms in total. The van der Waals surface area contributed by atoms with Gasteiger partial charge in [0.1, 0.15) is 0 Å². The number of quaternary nitrogens is 1. The molecular formula is C27H49NO6. The first-order valence-corrected chi connectivity index (χ1v) is 13.4. The second kappa shape index (κ2) is 21.6. The molecule has 2 N–H and O–H groups in total. The lowest BCUT2D eigenvalue weighted by Gasteiger charge is -2.38. The number of unbranched alkanes of at least 4 members (excludes halogenated alkanes) is 13. The number of carboxylic acid groups (broad SMARTS) is 3. The van der Waals surface area contributed by atoms with Gasteiger partial charge in [-0.2, -0.15) is 0 Å². The highest BCUT2D eigenvalue weighted by molar-refractivity contribution is 5.67. The molecule has 0 aliphatic heterocycles. The number of nitrogens with zero attached hydrogens (tertiary/aromatic N) is 1. The number of allylic oxidation sites excluding steroid dienone is 2. The summed E-state index contributed by atoms with van der Waals surface area (Å²) in [7, 11) is 0. The lowest BCUT2D eigenvalue weighted by atomic mass is 10.0. The van der Waals surface area contributed by atoms with Crippen molar-refractivity contribution in [3.63, 3.8) is 0 Å². The van der Waals surface area contributed by atoms with Crippen LogP contribution in [-0.2, 0) is 14.4 Å². The van der Waals surface area contributed by atoms with Gasteiger partial charge in [0.15, 0.2) is 0 Å². The summed E-state index contributed by atoms with van der Waals surface area (Å²) < 4.78 is 0.224. The maximum absolute atomic E-state index is 11.1. The first kappa shape index (κ1) is 32.1. The van der Waals surface area contributed by atoms with Crippen LogP contribution in [0.5, 0.6) is 0 Å². The number of hydrogen-bond donors (Lipinski definition) is 2. The Labute approximate surface area is 206 Å². The summed E-state index contributed by atoms with van der Waals surface area (Å²) in [6.07, 6.45) is 21.1. The topological polar surface area (TPSA) is 115 Å². The van der Waals surface area contributed by atoms with Crippen molar-refractivity contribution in [3.8, 4) is 0 Å². The molecule has 0 rings (SSSR count). The van der Waals surface area contributed by atoms with Gasteiger partial charge >= 0.3 is 11.9 Å². The van der Waals surface area contributed by atoms with Crippen LogP contribution in [0.4, 0.5) is 0 Å². The monoisotopic (exact) mass is 483 g/mol. The molecule has 0 radical (unpaired) electrons. The Morgan fingerprint density at radius 2 is 1.00 bits per heavy atom. The predicted molar refractivity (Wildman–Crippen MR) is 133 cm³/mol. The maximum Gasteiger partial charge on any atom is 0.309 e. The predicted octanol–water partition coefficient (Wildman–Crippen LogP) is 4.93. The molecule has 0 unspecified atom stereocenters. The number of carbonyl (C=O) groups excluding carboxylic acids is 1. The van der Waals surface area contributed by atoms with Crippen LogP contribution in [0.1, 0.15) is 116 Å². The molecule has 0 aromatic rings. The van der Waals surface area contributed by atoms with E-state index in [2.05, 4.69) is 19.1 Å². The standard InChI is InChI=1S/C27H49NO6/c1-2-3-4-5-6-7-8-9-10-11-12-13-14-15-16-17-21-28(22-18-25(29)30,23-19-26(31)32)24-20-27(33)34/h2-3H,4-24H2,1H3,(H2-,29,30,31,32,33,34)/b3-2+. The van der Waals surface area contributed by atoms with E-state index in [0.29, 0.717) is 6.54 Å². The molecule has 0 atom stereocenters. The van der Waals surface area contributed by atoms with Crippen LogP contribution in [-0.4, -0.2) is 58.8 Å². The third kappa shape index (κ3) is 20.7. The first-order valence-electron chi connectivity index (χ1n) is 13.4. The number of aliphatic carboxylic acids is 3. The fourth-order valence-corrected chi connectivity index (χ4v) is 4.49.